The third-order valence-electron chi connectivity index (χ3n) is 29.1. The molecular weight excluding hydrogens is 1740 g/mol. The van der Waals surface area contributed by atoms with Gasteiger partial charge >= 0.3 is 0 Å². The second-order valence-corrected chi connectivity index (χ2v) is 37.4. The van der Waals surface area contributed by atoms with Gasteiger partial charge in [0.2, 0.25) is 0 Å². The number of hydrogen-bond acceptors (Lipinski definition) is 0. The van der Waals surface area contributed by atoms with Gasteiger partial charge in [-0.2, -0.15) is 0 Å². The zero-order valence-electron chi connectivity index (χ0n) is 78.8. The van der Waals surface area contributed by atoms with Gasteiger partial charge in [0.1, 0.15) is 0 Å². The fourth-order valence-electron chi connectivity index (χ4n) is 22.4. The van der Waals surface area contributed by atoms with Gasteiger partial charge in [-0.3, -0.25) is 0 Å². The van der Waals surface area contributed by atoms with Crippen LogP contribution in [0.1, 0.15) is 0 Å². The zero-order valence-corrected chi connectivity index (χ0v) is 78.8. The SMILES string of the molecule is c1ccc(-c2cc(-c3ccccc3)cc(-n3c4ccccc4c4cc(-c5ccc6c(c5)c5ccccc5n6-c5ccccc5)ccc43)c2)cc1.c1ccc(-c2ccc(-n3c4ccccc4c4cc(-c5ccc6c(c5)c5ccccc5n6-c5ccccc5)ccc43)cc2)cc1.c1ccc(-c2cccc(-n3c4ccccc4c4cc(-c5ccc6c(c5)c5ccccc5n6-c5cccc(-c6ccccc6)c5)ccc43)c2)cc1. The van der Waals surface area contributed by atoms with Crippen LogP contribution in [0, 0.1) is 0 Å². The molecular formula is C138H92N6. The Morgan fingerprint density at radius 2 is 0.236 bits per heavy atom. The summed E-state index contributed by atoms with van der Waals surface area (Å²) in [7, 11) is 0. The summed E-state index contributed by atoms with van der Waals surface area (Å²) in [5.41, 5.74) is 41.0. The molecule has 6 nitrogen and oxygen atoms in total. The Labute approximate surface area is 833 Å². The van der Waals surface area contributed by atoms with Crippen molar-refractivity contribution in [2.75, 3.05) is 0 Å². The normalized spacial score (nSPS) is 11.6. The van der Waals surface area contributed by atoms with Crippen LogP contribution < -0.4 is 0 Å². The predicted molar refractivity (Wildman–Crippen MR) is 609 cm³/mol. The molecule has 0 unspecified atom stereocenters. The topological polar surface area (TPSA) is 29.6 Å². The Kier molecular flexibility index (Phi) is 20.9. The van der Waals surface area contributed by atoms with E-state index in [9.17, 15) is 0 Å². The monoisotopic (exact) mass is 1830 g/mol. The number of aromatic nitrogens is 6. The van der Waals surface area contributed by atoms with E-state index in [0.29, 0.717) is 0 Å². The van der Waals surface area contributed by atoms with Crippen molar-refractivity contribution in [1.82, 2.24) is 27.4 Å². The molecule has 29 rings (SSSR count). The fourth-order valence-corrected chi connectivity index (χ4v) is 22.4. The minimum Gasteiger partial charge on any atom is -0.309 e. The van der Waals surface area contributed by atoms with Crippen LogP contribution in [0.2, 0.25) is 0 Å². The number of benzene rings is 23. The fraction of sp³-hybridized carbons (Fsp3) is 0. The van der Waals surface area contributed by atoms with Crippen molar-refractivity contribution in [1.29, 1.82) is 0 Å². The summed E-state index contributed by atoms with van der Waals surface area (Å²) in [6.07, 6.45) is 0. The smallest absolute Gasteiger partial charge is 0.0541 e. The van der Waals surface area contributed by atoms with E-state index in [1.54, 1.807) is 0 Å². The highest BCUT2D eigenvalue weighted by atomic mass is 15.0. The van der Waals surface area contributed by atoms with Crippen LogP contribution in [-0.2, 0) is 0 Å². The number of rotatable bonds is 14. The number of hydrogen-bond donors (Lipinski definition) is 0. The van der Waals surface area contributed by atoms with Crippen molar-refractivity contribution < 1.29 is 0 Å². The van der Waals surface area contributed by atoms with E-state index in [0.717, 1.165) is 17.1 Å². The molecule has 6 heteroatoms. The van der Waals surface area contributed by atoms with Gasteiger partial charge in [-0.15, -0.1) is 0 Å². The molecule has 6 aromatic heterocycles. The highest BCUT2D eigenvalue weighted by Crippen LogP contribution is 2.46. The van der Waals surface area contributed by atoms with E-state index >= 15 is 0 Å². The van der Waals surface area contributed by atoms with Gasteiger partial charge in [-0.25, -0.2) is 0 Å². The first-order valence-corrected chi connectivity index (χ1v) is 49.5. The van der Waals surface area contributed by atoms with Crippen molar-refractivity contribution in [3.63, 3.8) is 0 Å². The maximum Gasteiger partial charge on any atom is 0.0541 e. The van der Waals surface area contributed by atoms with Crippen LogP contribution in [0.5, 0.6) is 0 Å². The molecule has 23 aromatic carbocycles. The van der Waals surface area contributed by atoms with Crippen LogP contribution in [0.15, 0.2) is 558 Å². The van der Waals surface area contributed by atoms with Gasteiger partial charge in [0, 0.05) is 98.8 Å². The lowest BCUT2D eigenvalue weighted by molar-refractivity contribution is 1.18. The summed E-state index contributed by atoms with van der Waals surface area (Å²) in [5.74, 6) is 0. The van der Waals surface area contributed by atoms with Crippen molar-refractivity contribution in [2.24, 2.45) is 0 Å². The predicted octanol–water partition coefficient (Wildman–Crippen LogP) is 37.0. The summed E-state index contributed by atoms with van der Waals surface area (Å²) >= 11 is 0. The first-order valence-electron chi connectivity index (χ1n) is 49.5. The van der Waals surface area contributed by atoms with E-state index in [-0.39, 0.29) is 0 Å². The summed E-state index contributed by atoms with van der Waals surface area (Å²) in [6.45, 7) is 0. The Balaban J connectivity index is 0.000000108. The second kappa shape index (κ2) is 35.7. The highest BCUT2D eigenvalue weighted by Gasteiger charge is 2.24. The average Bonchev–Trinajstić information content (AvgIpc) is 1.59. The molecule has 0 atom stereocenters. The highest BCUT2D eigenvalue weighted by molar-refractivity contribution is 6.17. The van der Waals surface area contributed by atoms with Crippen LogP contribution in [0.25, 0.3) is 254 Å². The third kappa shape index (κ3) is 14.8. The lowest BCUT2D eigenvalue weighted by atomic mass is 9.98. The van der Waals surface area contributed by atoms with Crippen LogP contribution in [0.3, 0.4) is 0 Å². The van der Waals surface area contributed by atoms with Gasteiger partial charge in [0.15, 0.2) is 0 Å². The Bertz CT molecular complexity index is 9720. The van der Waals surface area contributed by atoms with Gasteiger partial charge < -0.3 is 27.4 Å². The standard InChI is InChI=1S/2C48H32N2.C42H28N2/c1-4-14-33(15-5-1)37-28-38(34-16-6-2-7-17-34)30-40(29-37)50-46-23-13-11-21-42(46)44-32-36(25-27-48(44)50)35-24-26-47-43(31-35)41-20-10-12-22-45(41)49(47)39-18-8-3-9-19-39;1-3-13-33(14-4-1)35-17-11-19-39(29-35)49-45-23-9-7-21-41(45)43-31-37(25-27-47(43)49)38-26-28-48-44(32-38)42-22-8-10-24-46(42)50(48)40-20-12-18-36(30-40)34-15-5-2-6-16-34;1-3-11-29(12-4-1)30-19-23-34(24-20-30)44-40-18-10-8-16-36(40)38-28-32(22-26-42(38)44)31-21-25-41-37(27-31)35-15-7-9-17-39(35)43(41)33-13-5-2-6-14-33/h2*1-32H;1-28H. The molecule has 0 aliphatic rings. The molecule has 0 spiro atoms. The Morgan fingerprint density at radius 1 is 0.0764 bits per heavy atom. The van der Waals surface area contributed by atoms with Crippen molar-refractivity contribution in [3.05, 3.63) is 558 Å². The van der Waals surface area contributed by atoms with Crippen molar-refractivity contribution in [2.45, 2.75) is 0 Å². The summed E-state index contributed by atoms with van der Waals surface area (Å²) in [6, 6.07) is 202. The van der Waals surface area contributed by atoms with Crippen LogP contribution in [0.4, 0.5) is 0 Å². The lowest BCUT2D eigenvalue weighted by Gasteiger charge is -2.14. The molecule has 0 fully saturated rings. The molecule has 674 valence electrons. The lowest BCUT2D eigenvalue weighted by Crippen LogP contribution is -1.96. The average molecular weight is 1830 g/mol. The first-order chi connectivity index (χ1) is 71.4. The van der Waals surface area contributed by atoms with E-state index in [2.05, 4.69) is 586 Å². The molecule has 0 radical (unpaired) electrons. The number of fused-ring (bicyclic) bond motifs is 18. The van der Waals surface area contributed by atoms with Crippen LogP contribution in [-0.4, -0.2) is 27.4 Å². The zero-order chi connectivity index (χ0) is 95.1. The minimum atomic E-state index is 1.15. The molecule has 0 N–H and O–H groups in total. The summed E-state index contributed by atoms with van der Waals surface area (Å²) in [5, 5.41) is 15.1. The first kappa shape index (κ1) is 84.2. The van der Waals surface area contributed by atoms with Gasteiger partial charge in [-0.05, 0) is 277 Å². The molecule has 0 aliphatic heterocycles. The molecule has 0 bridgehead atoms. The maximum absolute atomic E-state index is 2.43. The van der Waals surface area contributed by atoms with Crippen LogP contribution >= 0.6 is 0 Å². The van der Waals surface area contributed by atoms with Gasteiger partial charge in [-0.1, -0.05) is 370 Å². The summed E-state index contributed by atoms with van der Waals surface area (Å²) in [4.78, 5) is 0. The maximum atomic E-state index is 2.43. The van der Waals surface area contributed by atoms with Gasteiger partial charge in [0.05, 0.1) is 66.2 Å². The second-order valence-electron chi connectivity index (χ2n) is 37.4. The van der Waals surface area contributed by atoms with Gasteiger partial charge in [0.25, 0.3) is 0 Å². The molecule has 29 aromatic rings. The minimum absolute atomic E-state index is 1.15. The molecule has 0 saturated heterocycles. The number of nitrogens with zero attached hydrogens (tertiary/aromatic N) is 6. The summed E-state index contributed by atoms with van der Waals surface area (Å²) < 4.78 is 14.4. The Morgan fingerprint density at radius 3 is 0.500 bits per heavy atom. The largest absolute Gasteiger partial charge is 0.309 e. The van der Waals surface area contributed by atoms with E-state index in [4.69, 9.17) is 0 Å². The molecule has 144 heavy (non-hydrogen) atoms. The van der Waals surface area contributed by atoms with E-state index < -0.39 is 0 Å². The molecule has 0 aliphatic carbocycles. The molecule has 0 amide bonds. The van der Waals surface area contributed by atoms with Crippen molar-refractivity contribution in [3.8, 4) is 123 Å². The third-order valence-corrected chi connectivity index (χ3v) is 29.1. The van der Waals surface area contributed by atoms with E-state index in [1.165, 1.54) is 237 Å². The quantitative estimate of drug-likeness (QED) is 0.104. The molecule has 0 saturated carbocycles. The van der Waals surface area contributed by atoms with E-state index in [1.807, 2.05) is 0 Å². The molecule has 6 heterocycles. The van der Waals surface area contributed by atoms with Crippen molar-refractivity contribution >= 4 is 131 Å². The number of para-hydroxylation sites is 8. The Hall–Kier alpha value is -19.1.